The van der Waals surface area contributed by atoms with E-state index >= 15 is 0 Å². The number of ether oxygens (including phenoxy) is 2. The maximum Gasteiger partial charge on any atom is 0.261 e. The van der Waals surface area contributed by atoms with Gasteiger partial charge in [-0.2, -0.15) is 0 Å². The molecule has 8 heteroatoms. The molecule has 0 spiro atoms. The monoisotopic (exact) mass is 454 g/mol. The Morgan fingerprint density at radius 2 is 1.62 bits per heavy atom. The van der Waals surface area contributed by atoms with Gasteiger partial charge in [0.05, 0.1) is 18.6 Å². The standard InChI is InChI=1S/C24H26N2O5S/c1-17-7-10-20(15-18(17)2)26-32(28,29)23-11-8-19(9-12-23)24(27)25-13-14-31-22-6-4-5-21(16-22)30-3/h4-12,15-16,26H,13-14H2,1-3H3,(H,25,27). The van der Waals surface area contributed by atoms with Gasteiger partial charge in [0.2, 0.25) is 0 Å². The molecule has 0 bridgehead atoms. The fraction of sp³-hybridized carbons (Fsp3) is 0.208. The second kappa shape index (κ2) is 10.2. The largest absolute Gasteiger partial charge is 0.497 e. The van der Waals surface area contributed by atoms with Crippen LogP contribution < -0.4 is 19.5 Å². The molecule has 0 aliphatic carbocycles. The number of hydrogen-bond acceptors (Lipinski definition) is 5. The minimum Gasteiger partial charge on any atom is -0.497 e. The molecule has 0 radical (unpaired) electrons. The lowest BCUT2D eigenvalue weighted by molar-refractivity contribution is 0.0947. The highest BCUT2D eigenvalue weighted by Gasteiger charge is 2.15. The van der Waals surface area contributed by atoms with Crippen molar-refractivity contribution in [3.8, 4) is 11.5 Å². The maximum atomic E-state index is 12.6. The highest BCUT2D eigenvalue weighted by Crippen LogP contribution is 2.20. The molecule has 0 saturated heterocycles. The van der Waals surface area contributed by atoms with Crippen LogP contribution in [0.4, 0.5) is 5.69 Å². The summed E-state index contributed by atoms with van der Waals surface area (Å²) in [5.41, 5.74) is 2.92. The lowest BCUT2D eigenvalue weighted by atomic mass is 10.1. The number of sulfonamides is 1. The molecule has 0 fully saturated rings. The summed E-state index contributed by atoms with van der Waals surface area (Å²) in [6, 6.07) is 18.3. The summed E-state index contributed by atoms with van der Waals surface area (Å²) < 4.78 is 38.6. The Balaban J connectivity index is 1.54. The molecule has 168 valence electrons. The van der Waals surface area contributed by atoms with Crippen molar-refractivity contribution in [1.29, 1.82) is 0 Å². The summed E-state index contributed by atoms with van der Waals surface area (Å²) in [6.45, 7) is 4.46. The van der Waals surface area contributed by atoms with Crippen LogP contribution in [0.5, 0.6) is 11.5 Å². The van der Waals surface area contributed by atoms with Gasteiger partial charge >= 0.3 is 0 Å². The van der Waals surface area contributed by atoms with Crippen LogP contribution in [0.3, 0.4) is 0 Å². The zero-order chi connectivity index (χ0) is 23.1. The van der Waals surface area contributed by atoms with Crippen LogP contribution in [0, 0.1) is 13.8 Å². The van der Waals surface area contributed by atoms with Crippen molar-refractivity contribution in [3.05, 3.63) is 83.4 Å². The Morgan fingerprint density at radius 1 is 0.906 bits per heavy atom. The molecule has 1 amide bonds. The summed E-state index contributed by atoms with van der Waals surface area (Å²) in [6.07, 6.45) is 0. The average molecular weight is 455 g/mol. The number of hydrogen-bond donors (Lipinski definition) is 2. The number of methoxy groups -OCH3 is 1. The zero-order valence-corrected chi connectivity index (χ0v) is 19.0. The molecule has 0 aliphatic heterocycles. The van der Waals surface area contributed by atoms with Crippen molar-refractivity contribution >= 4 is 21.6 Å². The van der Waals surface area contributed by atoms with Crippen molar-refractivity contribution in [2.75, 3.05) is 25.0 Å². The van der Waals surface area contributed by atoms with Crippen LogP contribution >= 0.6 is 0 Å². The van der Waals surface area contributed by atoms with Crippen LogP contribution in [-0.4, -0.2) is 34.6 Å². The number of carbonyl (C=O) groups excluding carboxylic acids is 1. The van der Waals surface area contributed by atoms with Crippen molar-refractivity contribution in [3.63, 3.8) is 0 Å². The van der Waals surface area contributed by atoms with Gasteiger partial charge in [0, 0.05) is 17.3 Å². The van der Waals surface area contributed by atoms with Gasteiger partial charge in [-0.15, -0.1) is 0 Å². The predicted molar refractivity (Wildman–Crippen MR) is 124 cm³/mol. The summed E-state index contributed by atoms with van der Waals surface area (Å²) in [4.78, 5) is 12.4. The molecular weight excluding hydrogens is 428 g/mol. The van der Waals surface area contributed by atoms with Gasteiger partial charge in [-0.05, 0) is 73.5 Å². The maximum absolute atomic E-state index is 12.6. The van der Waals surface area contributed by atoms with Crippen LogP contribution in [-0.2, 0) is 10.0 Å². The summed E-state index contributed by atoms with van der Waals surface area (Å²) in [7, 11) is -2.18. The molecule has 3 rings (SSSR count). The number of nitrogens with one attached hydrogen (secondary N) is 2. The molecule has 32 heavy (non-hydrogen) atoms. The molecule has 2 N–H and O–H groups in total. The van der Waals surface area contributed by atoms with E-state index in [2.05, 4.69) is 10.0 Å². The number of benzene rings is 3. The van der Waals surface area contributed by atoms with Crippen LogP contribution in [0.25, 0.3) is 0 Å². The normalized spacial score (nSPS) is 11.0. The van der Waals surface area contributed by atoms with Crippen molar-refractivity contribution in [1.82, 2.24) is 5.32 Å². The molecule has 3 aromatic rings. The van der Waals surface area contributed by atoms with Gasteiger partial charge < -0.3 is 14.8 Å². The smallest absolute Gasteiger partial charge is 0.261 e. The Bertz CT molecular complexity index is 1190. The molecule has 0 heterocycles. The molecule has 0 saturated carbocycles. The van der Waals surface area contributed by atoms with E-state index in [-0.39, 0.29) is 17.4 Å². The first-order valence-corrected chi connectivity index (χ1v) is 11.5. The number of rotatable bonds is 9. The predicted octanol–water partition coefficient (Wildman–Crippen LogP) is 3.92. The van der Waals surface area contributed by atoms with E-state index in [1.54, 1.807) is 31.4 Å². The third-order valence-corrected chi connectivity index (χ3v) is 6.28. The average Bonchev–Trinajstić information content (AvgIpc) is 2.79. The van der Waals surface area contributed by atoms with Gasteiger partial charge in [-0.3, -0.25) is 9.52 Å². The van der Waals surface area contributed by atoms with Crippen molar-refractivity contribution < 1.29 is 22.7 Å². The molecule has 7 nitrogen and oxygen atoms in total. The highest BCUT2D eigenvalue weighted by molar-refractivity contribution is 7.92. The number of anilines is 1. The number of carbonyl (C=O) groups is 1. The third-order valence-electron chi connectivity index (χ3n) is 4.88. The Kier molecular flexibility index (Phi) is 7.37. The van der Waals surface area contributed by atoms with Crippen molar-refractivity contribution in [2.45, 2.75) is 18.7 Å². The van der Waals surface area contributed by atoms with Crippen LogP contribution in [0.1, 0.15) is 21.5 Å². The van der Waals surface area contributed by atoms with Gasteiger partial charge in [-0.25, -0.2) is 8.42 Å². The molecule has 3 aromatic carbocycles. The van der Waals surface area contributed by atoms with E-state index in [9.17, 15) is 13.2 Å². The fourth-order valence-corrected chi connectivity index (χ4v) is 3.98. The lowest BCUT2D eigenvalue weighted by Crippen LogP contribution is -2.28. The third kappa shape index (κ3) is 6.01. The van der Waals surface area contributed by atoms with Crippen molar-refractivity contribution in [2.24, 2.45) is 0 Å². The molecule has 0 atom stereocenters. The molecule has 0 unspecified atom stereocenters. The Hall–Kier alpha value is -3.52. The zero-order valence-electron chi connectivity index (χ0n) is 18.2. The molecular formula is C24H26N2O5S. The lowest BCUT2D eigenvalue weighted by Gasteiger charge is -2.11. The Labute approximate surface area is 188 Å². The van der Waals surface area contributed by atoms with Gasteiger partial charge in [-0.1, -0.05) is 12.1 Å². The highest BCUT2D eigenvalue weighted by atomic mass is 32.2. The molecule has 0 aliphatic rings. The fourth-order valence-electron chi connectivity index (χ4n) is 2.93. The Morgan fingerprint density at radius 3 is 2.31 bits per heavy atom. The SMILES string of the molecule is COc1cccc(OCCNC(=O)c2ccc(S(=O)(=O)Nc3ccc(C)c(C)c3)cc2)c1. The minimum absolute atomic E-state index is 0.0774. The first kappa shape index (κ1) is 23.1. The number of amides is 1. The minimum atomic E-state index is -3.75. The second-order valence-electron chi connectivity index (χ2n) is 7.21. The van der Waals surface area contributed by atoms with Gasteiger partial charge in [0.15, 0.2) is 0 Å². The summed E-state index contributed by atoms with van der Waals surface area (Å²) >= 11 is 0. The van der Waals surface area contributed by atoms with E-state index in [1.165, 1.54) is 24.3 Å². The van der Waals surface area contributed by atoms with E-state index < -0.39 is 10.0 Å². The molecule has 0 aromatic heterocycles. The quantitative estimate of drug-likeness (QED) is 0.478. The van der Waals surface area contributed by atoms with E-state index in [0.29, 0.717) is 29.3 Å². The first-order valence-electron chi connectivity index (χ1n) is 10.0. The van der Waals surface area contributed by atoms with E-state index in [1.807, 2.05) is 32.0 Å². The summed E-state index contributed by atoms with van der Waals surface area (Å²) in [5.74, 6) is 1.02. The van der Waals surface area contributed by atoms with Gasteiger partial charge in [0.1, 0.15) is 18.1 Å². The topological polar surface area (TPSA) is 93.7 Å². The van der Waals surface area contributed by atoms with E-state index in [0.717, 1.165) is 11.1 Å². The number of aryl methyl sites for hydroxylation is 2. The van der Waals surface area contributed by atoms with E-state index in [4.69, 9.17) is 9.47 Å². The van der Waals surface area contributed by atoms with Crippen LogP contribution in [0.2, 0.25) is 0 Å². The van der Waals surface area contributed by atoms with Crippen LogP contribution in [0.15, 0.2) is 71.6 Å². The first-order chi connectivity index (χ1) is 15.3. The van der Waals surface area contributed by atoms with Gasteiger partial charge in [0.25, 0.3) is 15.9 Å². The second-order valence-corrected chi connectivity index (χ2v) is 8.89. The summed E-state index contributed by atoms with van der Waals surface area (Å²) in [5, 5.41) is 2.75.